The number of hydrogen-bond donors (Lipinski definition) is 1. The van der Waals surface area contributed by atoms with Crippen molar-refractivity contribution in [1.29, 1.82) is 0 Å². The van der Waals surface area contributed by atoms with E-state index in [9.17, 15) is 14.4 Å². The lowest BCUT2D eigenvalue weighted by atomic mass is 10.2. The Bertz CT molecular complexity index is 1480. The number of carbonyl (C=O) groups is 3. The van der Waals surface area contributed by atoms with Crippen molar-refractivity contribution in [3.63, 3.8) is 0 Å². The van der Waals surface area contributed by atoms with Crippen LogP contribution in [0.2, 0.25) is 0 Å². The molecule has 0 aliphatic carbocycles. The van der Waals surface area contributed by atoms with Crippen molar-refractivity contribution in [2.24, 2.45) is 5.10 Å². The largest absolute Gasteiger partial charge is 0.490 e. The fourth-order valence-corrected chi connectivity index (χ4v) is 3.33. The molecule has 0 fully saturated rings. The van der Waals surface area contributed by atoms with E-state index >= 15 is 0 Å². The Balaban J connectivity index is 1.51. The van der Waals surface area contributed by atoms with Gasteiger partial charge < -0.3 is 14.2 Å². The number of hydrazone groups is 1. The van der Waals surface area contributed by atoms with Crippen LogP contribution >= 0.6 is 0 Å². The lowest BCUT2D eigenvalue weighted by Crippen LogP contribution is -2.17. The third-order valence-electron chi connectivity index (χ3n) is 5.27. The number of nitrogens with one attached hydrogen (secondary N) is 1. The standard InChI is InChI=1S/C31H24N2O6/c1-2-19-37-26-16-13-22(14-17-26)29(34)33-32-21-25-15-18-27(38-30(35)23-9-5-3-6-10-23)20-28(25)39-31(36)24-11-7-4-8-12-24/h2-18,20-21H,1,19H2,(H,33,34)/b32-21+. The van der Waals surface area contributed by atoms with E-state index in [0.717, 1.165) is 0 Å². The molecule has 1 amide bonds. The average Bonchev–Trinajstić information content (AvgIpc) is 2.98. The minimum Gasteiger partial charge on any atom is -0.490 e. The second kappa shape index (κ2) is 13.2. The van der Waals surface area contributed by atoms with Crippen molar-refractivity contribution in [3.05, 3.63) is 138 Å². The smallest absolute Gasteiger partial charge is 0.343 e. The highest BCUT2D eigenvalue weighted by atomic mass is 16.5. The summed E-state index contributed by atoms with van der Waals surface area (Å²) in [5, 5.41) is 4.00. The molecule has 4 aromatic carbocycles. The first-order valence-electron chi connectivity index (χ1n) is 11.9. The molecule has 0 heterocycles. The summed E-state index contributed by atoms with van der Waals surface area (Å²) in [5.41, 5.74) is 3.88. The topological polar surface area (TPSA) is 103 Å². The Morgan fingerprint density at radius 3 is 1.92 bits per heavy atom. The molecule has 194 valence electrons. The maximum absolute atomic E-state index is 12.7. The first kappa shape index (κ1) is 26.6. The van der Waals surface area contributed by atoms with E-state index in [1.807, 2.05) is 0 Å². The summed E-state index contributed by atoms with van der Waals surface area (Å²) >= 11 is 0. The van der Waals surface area contributed by atoms with Crippen molar-refractivity contribution in [3.8, 4) is 17.2 Å². The van der Waals surface area contributed by atoms with Gasteiger partial charge in [-0.1, -0.05) is 49.1 Å². The summed E-state index contributed by atoms with van der Waals surface area (Å²) in [6.07, 6.45) is 2.95. The van der Waals surface area contributed by atoms with Crippen LogP contribution in [-0.2, 0) is 0 Å². The highest BCUT2D eigenvalue weighted by Crippen LogP contribution is 2.26. The number of rotatable bonds is 10. The lowest BCUT2D eigenvalue weighted by Gasteiger charge is -2.10. The molecule has 4 rings (SSSR count). The molecule has 0 unspecified atom stereocenters. The molecule has 4 aromatic rings. The van der Waals surface area contributed by atoms with Gasteiger partial charge in [-0.25, -0.2) is 15.0 Å². The molecule has 0 bridgehead atoms. The van der Waals surface area contributed by atoms with Gasteiger partial charge in [0.25, 0.3) is 5.91 Å². The van der Waals surface area contributed by atoms with Crippen molar-refractivity contribution >= 4 is 24.1 Å². The number of ether oxygens (including phenoxy) is 3. The van der Waals surface area contributed by atoms with Gasteiger partial charge in [-0.15, -0.1) is 0 Å². The zero-order valence-electron chi connectivity index (χ0n) is 20.8. The Morgan fingerprint density at radius 1 is 0.718 bits per heavy atom. The molecule has 8 nitrogen and oxygen atoms in total. The summed E-state index contributed by atoms with van der Waals surface area (Å²) < 4.78 is 16.5. The van der Waals surface area contributed by atoms with Gasteiger partial charge in [-0.3, -0.25) is 4.79 Å². The molecule has 0 saturated heterocycles. The number of hydrogen-bond acceptors (Lipinski definition) is 7. The van der Waals surface area contributed by atoms with Gasteiger partial charge >= 0.3 is 11.9 Å². The fourth-order valence-electron chi connectivity index (χ4n) is 3.33. The van der Waals surface area contributed by atoms with E-state index in [1.165, 1.54) is 18.3 Å². The summed E-state index contributed by atoms with van der Waals surface area (Å²) in [7, 11) is 0. The van der Waals surface area contributed by atoms with Crippen LogP contribution in [-0.4, -0.2) is 30.7 Å². The van der Waals surface area contributed by atoms with Crippen LogP contribution in [0.15, 0.2) is 121 Å². The third-order valence-corrected chi connectivity index (χ3v) is 5.27. The van der Waals surface area contributed by atoms with E-state index in [1.54, 1.807) is 97.1 Å². The molecule has 39 heavy (non-hydrogen) atoms. The minimum absolute atomic E-state index is 0.0870. The van der Waals surface area contributed by atoms with Crippen molar-refractivity contribution < 1.29 is 28.6 Å². The third kappa shape index (κ3) is 7.50. The number of nitrogens with zero attached hydrogens (tertiary/aromatic N) is 1. The van der Waals surface area contributed by atoms with Gasteiger partial charge in [0.05, 0.1) is 17.3 Å². The van der Waals surface area contributed by atoms with E-state index in [2.05, 4.69) is 17.1 Å². The second-order valence-corrected chi connectivity index (χ2v) is 8.03. The molecule has 0 atom stereocenters. The number of carbonyl (C=O) groups excluding carboxylic acids is 3. The van der Waals surface area contributed by atoms with E-state index in [4.69, 9.17) is 14.2 Å². The molecule has 0 spiro atoms. The Kier molecular flexibility index (Phi) is 8.96. The predicted octanol–water partition coefficient (Wildman–Crippen LogP) is 5.45. The summed E-state index contributed by atoms with van der Waals surface area (Å²) in [4.78, 5) is 37.7. The SMILES string of the molecule is C=CCOc1ccc(C(=O)N/N=C/c2ccc(OC(=O)c3ccccc3)cc2OC(=O)c2ccccc2)cc1. The highest BCUT2D eigenvalue weighted by molar-refractivity contribution is 5.96. The minimum atomic E-state index is -0.611. The van der Waals surface area contributed by atoms with E-state index < -0.39 is 17.8 Å². The molecular weight excluding hydrogens is 496 g/mol. The number of benzene rings is 4. The average molecular weight is 521 g/mol. The van der Waals surface area contributed by atoms with Crippen LogP contribution in [0.4, 0.5) is 0 Å². The normalized spacial score (nSPS) is 10.5. The molecule has 0 aliphatic rings. The first-order valence-corrected chi connectivity index (χ1v) is 11.9. The lowest BCUT2D eigenvalue weighted by molar-refractivity contribution is 0.0732. The Hall–Kier alpha value is -5.50. The fraction of sp³-hybridized carbons (Fsp3) is 0.0323. The highest BCUT2D eigenvalue weighted by Gasteiger charge is 2.15. The Labute approximate surface area is 225 Å². The van der Waals surface area contributed by atoms with Crippen LogP contribution < -0.4 is 19.6 Å². The van der Waals surface area contributed by atoms with Gasteiger partial charge in [0, 0.05) is 17.2 Å². The maximum Gasteiger partial charge on any atom is 0.343 e. The predicted molar refractivity (Wildman–Crippen MR) is 146 cm³/mol. The van der Waals surface area contributed by atoms with E-state index in [0.29, 0.717) is 34.6 Å². The second-order valence-electron chi connectivity index (χ2n) is 8.03. The molecule has 0 aliphatic heterocycles. The van der Waals surface area contributed by atoms with Crippen LogP contribution in [0.1, 0.15) is 36.6 Å². The van der Waals surface area contributed by atoms with Gasteiger partial charge in [0.15, 0.2) is 0 Å². The van der Waals surface area contributed by atoms with Crippen LogP contribution in [0, 0.1) is 0 Å². The van der Waals surface area contributed by atoms with Gasteiger partial charge in [-0.2, -0.15) is 5.10 Å². The summed E-state index contributed by atoms with van der Waals surface area (Å²) in [5.74, 6) is -0.764. The van der Waals surface area contributed by atoms with Gasteiger partial charge in [-0.05, 0) is 60.7 Å². The van der Waals surface area contributed by atoms with Crippen molar-refractivity contribution in [1.82, 2.24) is 5.43 Å². The van der Waals surface area contributed by atoms with Crippen LogP contribution in [0.5, 0.6) is 17.2 Å². The van der Waals surface area contributed by atoms with Crippen molar-refractivity contribution in [2.45, 2.75) is 0 Å². The summed E-state index contributed by atoms with van der Waals surface area (Å²) in [6.45, 7) is 3.95. The molecule has 0 saturated carbocycles. The zero-order chi connectivity index (χ0) is 27.5. The van der Waals surface area contributed by atoms with Gasteiger partial charge in [0.1, 0.15) is 23.9 Å². The molecular formula is C31H24N2O6. The molecule has 0 radical (unpaired) electrons. The summed E-state index contributed by atoms with van der Waals surface area (Å²) in [6, 6.07) is 28.0. The van der Waals surface area contributed by atoms with Gasteiger partial charge in [0.2, 0.25) is 0 Å². The first-order chi connectivity index (χ1) is 19.0. The number of amides is 1. The van der Waals surface area contributed by atoms with Crippen LogP contribution in [0.25, 0.3) is 0 Å². The number of esters is 2. The molecule has 8 heteroatoms. The van der Waals surface area contributed by atoms with Crippen molar-refractivity contribution in [2.75, 3.05) is 6.61 Å². The zero-order valence-corrected chi connectivity index (χ0v) is 20.8. The molecule has 1 N–H and O–H groups in total. The van der Waals surface area contributed by atoms with Crippen LogP contribution in [0.3, 0.4) is 0 Å². The molecule has 0 aromatic heterocycles. The quantitative estimate of drug-likeness (QED) is 0.0980. The van der Waals surface area contributed by atoms with E-state index in [-0.39, 0.29) is 11.5 Å². The maximum atomic E-state index is 12.7. The Morgan fingerprint density at radius 2 is 1.31 bits per heavy atom. The monoisotopic (exact) mass is 520 g/mol.